The number of hydrogen-bond donors (Lipinski definition) is 2. The van der Waals surface area contributed by atoms with Gasteiger partial charge in [-0.05, 0) is 92.2 Å². The van der Waals surface area contributed by atoms with E-state index in [-0.39, 0.29) is 24.1 Å². The number of benzene rings is 1. The minimum atomic E-state index is -0.633. The zero-order valence-corrected chi connectivity index (χ0v) is 18.3. The molecule has 1 aromatic rings. The second kappa shape index (κ2) is 7.86. The second-order valence-corrected chi connectivity index (χ2v) is 10.3. The van der Waals surface area contributed by atoms with Crippen LogP contribution >= 0.6 is 0 Å². The summed E-state index contributed by atoms with van der Waals surface area (Å²) >= 11 is 0. The fourth-order valence-electron chi connectivity index (χ4n) is 6.63. The van der Waals surface area contributed by atoms with E-state index in [1.807, 2.05) is 12.4 Å². The average molecular weight is 424 g/mol. The monoisotopic (exact) mass is 423 g/mol. The second-order valence-electron chi connectivity index (χ2n) is 10.3. The van der Waals surface area contributed by atoms with E-state index in [0.29, 0.717) is 11.8 Å². The summed E-state index contributed by atoms with van der Waals surface area (Å²) in [6.45, 7) is 1.70. The van der Waals surface area contributed by atoms with Gasteiger partial charge in [-0.1, -0.05) is 24.3 Å². The number of fused-ring (bicyclic) bond motifs is 6. The van der Waals surface area contributed by atoms with Gasteiger partial charge in [0.2, 0.25) is 0 Å². The van der Waals surface area contributed by atoms with E-state index in [4.69, 9.17) is 4.74 Å². The molecule has 0 aromatic heterocycles. The molecule has 3 saturated carbocycles. The lowest BCUT2D eigenvalue weighted by Crippen LogP contribution is -2.51. The SMILES string of the molecule is CC(O)COC(=O)C12CCC(C(O)CC3c4ccccc4C4=CN=CCC43)(CC1)CC2. The molecule has 4 aliphatic carbocycles. The van der Waals surface area contributed by atoms with Gasteiger partial charge in [0.05, 0.1) is 17.6 Å². The molecular formula is C26H33NO4. The summed E-state index contributed by atoms with van der Waals surface area (Å²) in [6.07, 6.45) is 9.70. The first kappa shape index (κ1) is 20.9. The molecular weight excluding hydrogens is 390 g/mol. The zero-order valence-electron chi connectivity index (χ0n) is 18.3. The largest absolute Gasteiger partial charge is 0.463 e. The van der Waals surface area contributed by atoms with Crippen molar-refractivity contribution in [3.63, 3.8) is 0 Å². The summed E-state index contributed by atoms with van der Waals surface area (Å²) in [5.41, 5.74) is 3.47. The Balaban J connectivity index is 1.29. The number of aliphatic imine (C=N–C) groups is 1. The van der Waals surface area contributed by atoms with Gasteiger partial charge in [-0.2, -0.15) is 0 Å². The number of carbonyl (C=O) groups is 1. The number of rotatable bonds is 6. The van der Waals surface area contributed by atoms with Crippen LogP contribution in [0.1, 0.15) is 75.3 Å². The summed E-state index contributed by atoms with van der Waals surface area (Å²) < 4.78 is 5.39. The van der Waals surface area contributed by atoms with Crippen molar-refractivity contribution in [2.24, 2.45) is 21.7 Å². The Morgan fingerprint density at radius 1 is 1.16 bits per heavy atom. The summed E-state index contributed by atoms with van der Waals surface area (Å²) in [7, 11) is 0. The lowest BCUT2D eigenvalue weighted by Gasteiger charge is -2.54. The van der Waals surface area contributed by atoms with Crippen LogP contribution in [0.2, 0.25) is 0 Å². The van der Waals surface area contributed by atoms with Gasteiger partial charge in [0.1, 0.15) is 6.61 Å². The Labute approximate surface area is 184 Å². The molecule has 5 heteroatoms. The number of hydrogen-bond acceptors (Lipinski definition) is 5. The van der Waals surface area contributed by atoms with Crippen LogP contribution in [0.4, 0.5) is 0 Å². The molecule has 2 N–H and O–H groups in total. The maximum Gasteiger partial charge on any atom is 0.312 e. The number of aliphatic hydroxyl groups is 2. The standard InChI is InChI=1S/C26H33NO4/c1-17(28)16-31-24(30)26-10-7-25(8-11-26,9-12-26)23(29)14-21-18-4-2-3-5-19(18)22-15-27-13-6-20(21)22/h2-5,13,15,17,20-21,23,28-29H,6-12,14,16H2,1H3. The molecule has 0 saturated heterocycles. The highest BCUT2D eigenvalue weighted by Crippen LogP contribution is 2.60. The number of carbonyl (C=O) groups excluding carboxylic acids is 1. The Kier molecular flexibility index (Phi) is 5.30. The molecule has 0 amide bonds. The number of aliphatic hydroxyl groups excluding tert-OH is 2. The number of esters is 1. The van der Waals surface area contributed by atoms with E-state index in [1.54, 1.807) is 6.92 Å². The van der Waals surface area contributed by atoms with Crippen LogP contribution in [0.3, 0.4) is 0 Å². The molecule has 1 aliphatic heterocycles. The maximum absolute atomic E-state index is 12.7. The van der Waals surface area contributed by atoms with Crippen molar-refractivity contribution in [1.82, 2.24) is 0 Å². The first-order valence-electron chi connectivity index (χ1n) is 11.8. The Hall–Kier alpha value is -1.98. The van der Waals surface area contributed by atoms with E-state index in [2.05, 4.69) is 29.3 Å². The summed E-state index contributed by atoms with van der Waals surface area (Å²) in [6, 6.07) is 8.59. The number of ether oxygens (including phenoxy) is 1. The van der Waals surface area contributed by atoms with Crippen LogP contribution in [-0.2, 0) is 9.53 Å². The fourth-order valence-corrected chi connectivity index (χ4v) is 6.63. The van der Waals surface area contributed by atoms with Crippen LogP contribution in [0, 0.1) is 16.7 Å². The van der Waals surface area contributed by atoms with Gasteiger partial charge in [0.15, 0.2) is 0 Å². The predicted molar refractivity (Wildman–Crippen MR) is 120 cm³/mol. The van der Waals surface area contributed by atoms with Gasteiger partial charge in [0, 0.05) is 12.4 Å². The number of nitrogens with zero attached hydrogens (tertiary/aromatic N) is 1. The van der Waals surface area contributed by atoms with Crippen molar-refractivity contribution in [3.05, 3.63) is 41.6 Å². The van der Waals surface area contributed by atoms with Crippen LogP contribution in [0.25, 0.3) is 5.57 Å². The molecule has 3 fully saturated rings. The maximum atomic E-state index is 12.7. The van der Waals surface area contributed by atoms with Crippen molar-refractivity contribution in [2.45, 2.75) is 76.4 Å². The van der Waals surface area contributed by atoms with E-state index in [1.165, 1.54) is 16.7 Å². The topological polar surface area (TPSA) is 79.1 Å². The molecule has 5 aliphatic rings. The average Bonchev–Trinajstić information content (AvgIpc) is 3.12. The van der Waals surface area contributed by atoms with E-state index < -0.39 is 11.5 Å². The molecule has 31 heavy (non-hydrogen) atoms. The van der Waals surface area contributed by atoms with Crippen molar-refractivity contribution in [2.75, 3.05) is 6.61 Å². The Morgan fingerprint density at radius 3 is 2.58 bits per heavy atom. The highest BCUT2D eigenvalue weighted by molar-refractivity contribution is 5.81. The quantitative estimate of drug-likeness (QED) is 0.671. The highest BCUT2D eigenvalue weighted by atomic mass is 16.5. The van der Waals surface area contributed by atoms with Crippen molar-refractivity contribution < 1.29 is 19.7 Å². The zero-order chi connectivity index (χ0) is 21.6. The molecule has 0 spiro atoms. The summed E-state index contributed by atoms with van der Waals surface area (Å²) in [4.78, 5) is 17.1. The minimum absolute atomic E-state index is 0.0655. The molecule has 4 atom stereocenters. The third-order valence-corrected chi connectivity index (χ3v) is 8.61. The van der Waals surface area contributed by atoms with Crippen molar-refractivity contribution in [1.29, 1.82) is 0 Å². The van der Waals surface area contributed by atoms with Crippen LogP contribution in [-0.4, -0.2) is 41.2 Å². The molecule has 1 heterocycles. The van der Waals surface area contributed by atoms with E-state index in [0.717, 1.165) is 51.4 Å². The first-order valence-corrected chi connectivity index (χ1v) is 11.8. The van der Waals surface area contributed by atoms with Gasteiger partial charge in [-0.25, -0.2) is 0 Å². The molecule has 0 radical (unpaired) electrons. The van der Waals surface area contributed by atoms with Crippen molar-refractivity contribution >= 4 is 17.8 Å². The summed E-state index contributed by atoms with van der Waals surface area (Å²) in [5, 5.41) is 21.0. The van der Waals surface area contributed by atoms with Gasteiger partial charge in [-0.3, -0.25) is 9.79 Å². The molecule has 1 aromatic carbocycles. The first-order chi connectivity index (χ1) is 14.9. The third kappa shape index (κ3) is 3.46. The van der Waals surface area contributed by atoms with E-state index >= 15 is 0 Å². The van der Waals surface area contributed by atoms with Gasteiger partial charge in [-0.15, -0.1) is 0 Å². The smallest absolute Gasteiger partial charge is 0.312 e. The molecule has 166 valence electrons. The Morgan fingerprint density at radius 2 is 1.87 bits per heavy atom. The molecule has 6 rings (SSSR count). The van der Waals surface area contributed by atoms with Crippen molar-refractivity contribution in [3.8, 4) is 0 Å². The third-order valence-electron chi connectivity index (χ3n) is 8.61. The lowest BCUT2D eigenvalue weighted by molar-refractivity contribution is -0.174. The lowest BCUT2D eigenvalue weighted by atomic mass is 9.51. The highest BCUT2D eigenvalue weighted by Gasteiger charge is 2.56. The number of allylic oxidation sites excluding steroid dienone is 1. The van der Waals surface area contributed by atoms with Gasteiger partial charge in [0.25, 0.3) is 0 Å². The Bertz CT molecular complexity index is 893. The normalized spacial score (nSPS) is 35.1. The van der Waals surface area contributed by atoms with Crippen LogP contribution in [0.15, 0.2) is 35.5 Å². The van der Waals surface area contributed by atoms with Crippen LogP contribution < -0.4 is 0 Å². The summed E-state index contributed by atoms with van der Waals surface area (Å²) in [5.74, 6) is 0.572. The van der Waals surface area contributed by atoms with Crippen LogP contribution in [0.5, 0.6) is 0 Å². The molecule has 2 bridgehead atoms. The van der Waals surface area contributed by atoms with Gasteiger partial charge >= 0.3 is 5.97 Å². The van der Waals surface area contributed by atoms with Gasteiger partial charge < -0.3 is 14.9 Å². The molecule has 5 nitrogen and oxygen atoms in total. The molecule has 4 unspecified atom stereocenters. The minimum Gasteiger partial charge on any atom is -0.463 e. The predicted octanol–water partition coefficient (Wildman–Crippen LogP) is 4.23. The van der Waals surface area contributed by atoms with E-state index in [9.17, 15) is 15.0 Å². The fraction of sp³-hybridized carbons (Fsp3) is 0.615.